The van der Waals surface area contributed by atoms with Gasteiger partial charge >= 0.3 is 0 Å². The number of benzene rings is 1. The zero-order valence-electron chi connectivity index (χ0n) is 18.9. The maximum absolute atomic E-state index is 4.50. The predicted molar refractivity (Wildman–Crippen MR) is 129 cm³/mol. The van der Waals surface area contributed by atoms with Crippen molar-refractivity contribution in [2.75, 3.05) is 7.05 Å². The van der Waals surface area contributed by atoms with Crippen molar-refractivity contribution in [1.82, 2.24) is 0 Å². The molecule has 154 valence electrons. The van der Waals surface area contributed by atoms with E-state index in [0.717, 1.165) is 6.42 Å². The lowest BCUT2D eigenvalue weighted by Crippen LogP contribution is -1.95. The van der Waals surface area contributed by atoms with Gasteiger partial charge in [-0.15, -0.1) is 24.2 Å². The molecule has 2 N–H and O–H groups in total. The molecule has 2 aromatic rings. The lowest BCUT2D eigenvalue weighted by atomic mass is 10.0. The number of aryl methyl sites for hydroxylation is 1. The van der Waals surface area contributed by atoms with Gasteiger partial charge in [0.2, 0.25) is 0 Å². The number of terminal acetylenes is 1. The first kappa shape index (κ1) is 27.9. The molecule has 0 amide bonds. The lowest BCUT2D eigenvalue weighted by molar-refractivity contribution is 0.576. The molecule has 1 saturated carbocycles. The van der Waals surface area contributed by atoms with Crippen molar-refractivity contribution in [2.45, 2.75) is 86.5 Å². The van der Waals surface area contributed by atoms with Gasteiger partial charge in [-0.3, -0.25) is 0 Å². The van der Waals surface area contributed by atoms with E-state index in [1.807, 2.05) is 25.2 Å². The molecule has 1 aromatic heterocycles. The van der Waals surface area contributed by atoms with Gasteiger partial charge in [-0.2, -0.15) is 0 Å². The Hall–Kier alpha value is -1.30. The van der Waals surface area contributed by atoms with Crippen LogP contribution in [-0.4, -0.2) is 7.05 Å². The number of thiophene rings is 1. The van der Waals surface area contributed by atoms with Crippen molar-refractivity contribution in [3.05, 3.63) is 34.7 Å². The Balaban J connectivity index is 0. The molecule has 0 saturated heterocycles. The Labute approximate surface area is 173 Å². The molecule has 2 heteroatoms. The number of rotatable bonds is 5. The van der Waals surface area contributed by atoms with Crippen molar-refractivity contribution in [3.63, 3.8) is 0 Å². The van der Waals surface area contributed by atoms with Crippen LogP contribution in [0.25, 0.3) is 10.1 Å². The average Bonchev–Trinajstić information content (AvgIpc) is 3.30. The average molecular weight is 390 g/mol. The molecule has 1 heterocycles. The quantitative estimate of drug-likeness (QED) is 0.517. The fourth-order valence-electron chi connectivity index (χ4n) is 2.71. The van der Waals surface area contributed by atoms with Crippen molar-refractivity contribution in [1.29, 1.82) is 0 Å². The second kappa shape index (κ2) is 16.8. The Morgan fingerprint density at radius 3 is 2.00 bits per heavy atom. The summed E-state index contributed by atoms with van der Waals surface area (Å²) in [7, 11) is 1.50. The maximum atomic E-state index is 4.50. The van der Waals surface area contributed by atoms with E-state index in [1.54, 1.807) is 4.88 Å². The van der Waals surface area contributed by atoms with Gasteiger partial charge < -0.3 is 5.73 Å². The Morgan fingerprint density at radius 2 is 1.59 bits per heavy atom. The molecule has 0 aliphatic heterocycles. The molecule has 0 atom stereocenters. The molecular formula is C25H43NS. The van der Waals surface area contributed by atoms with Crippen LogP contribution < -0.4 is 5.73 Å². The first-order valence-corrected chi connectivity index (χ1v) is 11.3. The summed E-state index contributed by atoms with van der Waals surface area (Å²) in [5.41, 5.74) is 6.64. The molecule has 0 bridgehead atoms. The Kier molecular flexibility index (Phi) is 17.4. The van der Waals surface area contributed by atoms with E-state index in [9.17, 15) is 0 Å². The number of fused-ring (bicyclic) bond motifs is 1. The summed E-state index contributed by atoms with van der Waals surface area (Å²) in [6.07, 6.45) is 17.3. The van der Waals surface area contributed by atoms with Crippen LogP contribution in [0.2, 0.25) is 0 Å². The second-order valence-electron chi connectivity index (χ2n) is 6.74. The summed E-state index contributed by atoms with van der Waals surface area (Å²) in [5.74, 6) is 0. The van der Waals surface area contributed by atoms with Gasteiger partial charge in [0.05, 0.1) is 0 Å². The first-order valence-electron chi connectivity index (χ1n) is 10.5. The number of unbranched alkanes of at least 4 members (excludes halogenated alkanes) is 2. The predicted octanol–water partition coefficient (Wildman–Crippen LogP) is 7.85. The molecule has 0 unspecified atom stereocenters. The highest BCUT2D eigenvalue weighted by Crippen LogP contribution is 2.49. The van der Waals surface area contributed by atoms with E-state index in [0.29, 0.717) is 5.41 Å². The Morgan fingerprint density at radius 1 is 1.04 bits per heavy atom. The van der Waals surface area contributed by atoms with Crippen molar-refractivity contribution < 1.29 is 0 Å². The third-order valence-corrected chi connectivity index (χ3v) is 5.70. The fourth-order valence-corrected chi connectivity index (χ4v) is 4.16. The molecule has 27 heavy (non-hydrogen) atoms. The van der Waals surface area contributed by atoms with Gasteiger partial charge in [0, 0.05) is 9.58 Å². The molecule has 0 spiro atoms. The van der Waals surface area contributed by atoms with E-state index in [2.05, 4.69) is 70.5 Å². The van der Waals surface area contributed by atoms with Crippen LogP contribution in [0.3, 0.4) is 0 Å². The topological polar surface area (TPSA) is 26.0 Å². The minimum Gasteiger partial charge on any atom is -0.333 e. The summed E-state index contributed by atoms with van der Waals surface area (Å²) in [4.78, 5) is 1.58. The fraction of sp³-hybridized carbons (Fsp3) is 0.600. The number of hydrogen-bond acceptors (Lipinski definition) is 2. The molecule has 1 aliphatic carbocycles. The van der Waals surface area contributed by atoms with Crippen LogP contribution in [0, 0.1) is 18.3 Å². The molecule has 1 aromatic carbocycles. The van der Waals surface area contributed by atoms with Gasteiger partial charge in [-0.25, -0.2) is 0 Å². The van der Waals surface area contributed by atoms with Crippen LogP contribution >= 0.6 is 11.3 Å². The summed E-state index contributed by atoms with van der Waals surface area (Å²) < 4.78 is 1.52. The summed E-state index contributed by atoms with van der Waals surface area (Å²) >= 11 is 2.02. The largest absolute Gasteiger partial charge is 0.333 e. The van der Waals surface area contributed by atoms with Gasteiger partial charge in [0.15, 0.2) is 0 Å². The molecular weight excluding hydrogens is 346 g/mol. The van der Waals surface area contributed by atoms with Crippen LogP contribution in [0.15, 0.2) is 24.3 Å². The third-order valence-electron chi connectivity index (χ3n) is 4.47. The van der Waals surface area contributed by atoms with Crippen molar-refractivity contribution in [2.24, 2.45) is 11.1 Å². The highest BCUT2D eigenvalue weighted by molar-refractivity contribution is 7.19. The zero-order chi connectivity index (χ0) is 21.3. The standard InChI is InChI=1S/C15H18S.C5H12.C2H6.C2H2.CH5N/c1-3-11-5-4-6-12-9-13(16-14(11)12)10-15(2)7-8-15;1-3-5-4-2;3*1-2/h4-6,9H,3,7-8,10H2,1-2H3;3-5H2,1-2H3;1-2H3;1-2H;2H2,1H3. The lowest BCUT2D eigenvalue weighted by Gasteiger charge is -2.03. The van der Waals surface area contributed by atoms with E-state index in [4.69, 9.17) is 0 Å². The molecule has 3 rings (SSSR count). The van der Waals surface area contributed by atoms with Gasteiger partial charge in [-0.1, -0.05) is 79.0 Å². The van der Waals surface area contributed by atoms with Gasteiger partial charge in [0.25, 0.3) is 0 Å². The third kappa shape index (κ3) is 10.6. The normalized spacial score (nSPS) is 12.7. The minimum absolute atomic E-state index is 0.632. The minimum atomic E-state index is 0.632. The van der Waals surface area contributed by atoms with Crippen LogP contribution in [0.4, 0.5) is 0 Å². The smallest absolute Gasteiger partial charge is 0.0377 e. The highest BCUT2D eigenvalue weighted by atomic mass is 32.1. The summed E-state index contributed by atoms with van der Waals surface area (Å²) in [6, 6.07) is 9.12. The first-order chi connectivity index (χ1) is 13.1. The Bertz CT molecular complexity index is 603. The van der Waals surface area contributed by atoms with E-state index in [-0.39, 0.29) is 0 Å². The molecule has 0 radical (unpaired) electrons. The highest BCUT2D eigenvalue weighted by Gasteiger charge is 2.37. The monoisotopic (exact) mass is 389 g/mol. The van der Waals surface area contributed by atoms with Crippen molar-refractivity contribution in [3.8, 4) is 12.8 Å². The van der Waals surface area contributed by atoms with Crippen LogP contribution in [0.1, 0.15) is 84.1 Å². The maximum Gasteiger partial charge on any atom is 0.0377 e. The van der Waals surface area contributed by atoms with Gasteiger partial charge in [-0.05, 0) is 55.2 Å². The van der Waals surface area contributed by atoms with Crippen LogP contribution in [-0.2, 0) is 12.8 Å². The number of nitrogens with two attached hydrogens (primary N) is 1. The molecule has 1 nitrogen and oxygen atoms in total. The number of hydrogen-bond donors (Lipinski definition) is 1. The summed E-state index contributed by atoms with van der Waals surface area (Å²) in [6.45, 7) is 13.1. The van der Waals surface area contributed by atoms with Gasteiger partial charge in [0.1, 0.15) is 0 Å². The van der Waals surface area contributed by atoms with Crippen LogP contribution in [0.5, 0.6) is 0 Å². The van der Waals surface area contributed by atoms with Crippen molar-refractivity contribution >= 4 is 21.4 Å². The molecule has 1 fully saturated rings. The van der Waals surface area contributed by atoms with E-state index < -0.39 is 0 Å². The summed E-state index contributed by atoms with van der Waals surface area (Å²) in [5, 5.41) is 1.45. The second-order valence-corrected chi connectivity index (χ2v) is 7.88. The SMILES string of the molecule is C#C.CC.CCCCC.CCc1cccc2cc(CC3(C)CC3)sc12.CN. The zero-order valence-corrected chi connectivity index (χ0v) is 19.7. The van der Waals surface area contributed by atoms with E-state index >= 15 is 0 Å². The van der Waals surface area contributed by atoms with E-state index in [1.165, 1.54) is 61.2 Å². The molecule has 1 aliphatic rings.